The van der Waals surface area contributed by atoms with Gasteiger partial charge >= 0.3 is 5.97 Å². The smallest absolute Gasteiger partial charge is 0.302 e. The predicted molar refractivity (Wildman–Crippen MR) is 105 cm³/mol. The number of carbonyl (C=O) groups is 1. The van der Waals surface area contributed by atoms with Crippen LogP contribution in [0.5, 0.6) is 0 Å². The first kappa shape index (κ1) is 22.4. The lowest BCUT2D eigenvalue weighted by molar-refractivity contribution is -0.139. The van der Waals surface area contributed by atoms with E-state index in [0.717, 1.165) is 32.1 Å². The van der Waals surface area contributed by atoms with E-state index in [2.05, 4.69) is 52.8 Å². The molecule has 0 radical (unpaired) electrons. The summed E-state index contributed by atoms with van der Waals surface area (Å²) in [4.78, 5) is 10.7. The van der Waals surface area contributed by atoms with Crippen molar-refractivity contribution in [2.45, 2.75) is 80.1 Å². The first-order valence-electron chi connectivity index (χ1n) is 9.05. The summed E-state index contributed by atoms with van der Waals surface area (Å²) in [5.74, 6) is -0.223. The lowest BCUT2D eigenvalue weighted by atomic mass is 10.0. The minimum atomic E-state index is -0.223. The molecule has 0 N–H and O–H groups in total. The molecule has 0 heterocycles. The van der Waals surface area contributed by atoms with Crippen LogP contribution in [-0.4, -0.2) is 12.6 Å². The molecular weight excluding hydrogens is 296 g/mol. The molecule has 0 atom stereocenters. The topological polar surface area (TPSA) is 26.3 Å². The van der Waals surface area contributed by atoms with Crippen LogP contribution in [-0.2, 0) is 9.53 Å². The van der Waals surface area contributed by atoms with Crippen LogP contribution in [0, 0.1) is 0 Å². The average Bonchev–Trinajstić information content (AvgIpc) is 2.46. The van der Waals surface area contributed by atoms with Crippen LogP contribution in [0.3, 0.4) is 0 Å². The molecule has 0 aromatic carbocycles. The van der Waals surface area contributed by atoms with Gasteiger partial charge in [0.1, 0.15) is 6.61 Å². The third-order valence-electron chi connectivity index (χ3n) is 3.87. The molecule has 0 saturated carbocycles. The molecule has 2 heteroatoms. The van der Waals surface area contributed by atoms with Gasteiger partial charge in [0.15, 0.2) is 0 Å². The predicted octanol–water partition coefficient (Wildman–Crippen LogP) is 6.70. The fourth-order valence-electron chi connectivity index (χ4n) is 2.29. The Hall–Kier alpha value is -1.57. The van der Waals surface area contributed by atoms with E-state index in [1.54, 1.807) is 0 Å². The van der Waals surface area contributed by atoms with E-state index in [9.17, 15) is 4.79 Å². The van der Waals surface area contributed by atoms with Gasteiger partial charge < -0.3 is 4.74 Å². The Balaban J connectivity index is 3.98. The van der Waals surface area contributed by atoms with Gasteiger partial charge in [-0.05, 0) is 79.2 Å². The zero-order chi connectivity index (χ0) is 18.4. The molecule has 0 aromatic rings. The molecular formula is C22H36O2. The lowest BCUT2D eigenvalue weighted by Gasteiger charge is -2.03. The SMILES string of the molecule is CC(=O)OCC=C(C)CCC=C(C)CCC=C(C)CCC=C(C)C. The van der Waals surface area contributed by atoms with Crippen molar-refractivity contribution in [3.05, 3.63) is 46.6 Å². The van der Waals surface area contributed by atoms with Gasteiger partial charge in [-0.3, -0.25) is 4.79 Å². The van der Waals surface area contributed by atoms with Crippen LogP contribution in [0.15, 0.2) is 46.6 Å². The van der Waals surface area contributed by atoms with Crippen LogP contribution in [0.2, 0.25) is 0 Å². The van der Waals surface area contributed by atoms with Crippen molar-refractivity contribution in [1.82, 2.24) is 0 Å². The molecule has 0 bridgehead atoms. The monoisotopic (exact) mass is 332 g/mol. The van der Waals surface area contributed by atoms with Crippen LogP contribution < -0.4 is 0 Å². The van der Waals surface area contributed by atoms with Crippen molar-refractivity contribution in [1.29, 1.82) is 0 Å². The quantitative estimate of drug-likeness (QED) is 0.311. The summed E-state index contributed by atoms with van der Waals surface area (Å²) < 4.78 is 4.92. The average molecular weight is 333 g/mol. The highest BCUT2D eigenvalue weighted by atomic mass is 16.5. The number of hydrogen-bond acceptors (Lipinski definition) is 2. The molecule has 0 aliphatic rings. The van der Waals surface area contributed by atoms with Gasteiger partial charge in [0.2, 0.25) is 0 Å². The standard InChI is InChI=1S/C22H36O2/c1-18(2)10-7-11-19(3)12-8-13-20(4)14-9-15-21(5)16-17-24-22(6)23/h10,12,14,16H,7-9,11,13,15,17H2,1-6H3. The largest absolute Gasteiger partial charge is 0.462 e. The van der Waals surface area contributed by atoms with Crippen molar-refractivity contribution in [2.75, 3.05) is 6.61 Å². The Morgan fingerprint density at radius 2 is 1.08 bits per heavy atom. The summed E-state index contributed by atoms with van der Waals surface area (Å²) in [5, 5.41) is 0. The summed E-state index contributed by atoms with van der Waals surface area (Å²) in [6.07, 6.45) is 15.7. The van der Waals surface area contributed by atoms with Crippen LogP contribution >= 0.6 is 0 Å². The van der Waals surface area contributed by atoms with Crippen LogP contribution in [0.4, 0.5) is 0 Å². The van der Waals surface area contributed by atoms with Crippen molar-refractivity contribution in [3.63, 3.8) is 0 Å². The lowest BCUT2D eigenvalue weighted by Crippen LogP contribution is -1.98. The molecule has 0 aliphatic heterocycles. The number of hydrogen-bond donors (Lipinski definition) is 0. The maximum Gasteiger partial charge on any atom is 0.302 e. The van der Waals surface area contributed by atoms with E-state index in [4.69, 9.17) is 4.74 Å². The number of carbonyl (C=O) groups excluding carboxylic acids is 1. The Bertz CT molecular complexity index is 486. The van der Waals surface area contributed by atoms with Crippen molar-refractivity contribution >= 4 is 5.97 Å². The van der Waals surface area contributed by atoms with Gasteiger partial charge in [0, 0.05) is 6.92 Å². The van der Waals surface area contributed by atoms with Gasteiger partial charge in [0.05, 0.1) is 0 Å². The minimum absolute atomic E-state index is 0.223. The van der Waals surface area contributed by atoms with Gasteiger partial charge in [-0.25, -0.2) is 0 Å². The number of allylic oxidation sites excluding steroid dienone is 7. The van der Waals surface area contributed by atoms with E-state index in [1.165, 1.54) is 35.6 Å². The van der Waals surface area contributed by atoms with Crippen LogP contribution in [0.1, 0.15) is 80.1 Å². The summed E-state index contributed by atoms with van der Waals surface area (Å²) in [7, 11) is 0. The van der Waals surface area contributed by atoms with Crippen LogP contribution in [0.25, 0.3) is 0 Å². The van der Waals surface area contributed by atoms with Gasteiger partial charge in [-0.2, -0.15) is 0 Å². The van der Waals surface area contributed by atoms with Crippen molar-refractivity contribution < 1.29 is 9.53 Å². The maximum absolute atomic E-state index is 10.7. The molecule has 0 rings (SSSR count). The first-order chi connectivity index (χ1) is 11.3. The second kappa shape index (κ2) is 13.8. The molecule has 0 aliphatic carbocycles. The summed E-state index contributed by atoms with van der Waals surface area (Å²) >= 11 is 0. The number of esters is 1. The zero-order valence-corrected chi connectivity index (χ0v) is 16.6. The second-order valence-corrected chi connectivity index (χ2v) is 6.85. The van der Waals surface area contributed by atoms with E-state index in [-0.39, 0.29) is 5.97 Å². The molecule has 0 saturated heterocycles. The maximum atomic E-state index is 10.7. The zero-order valence-electron chi connectivity index (χ0n) is 16.6. The molecule has 0 spiro atoms. The molecule has 0 amide bonds. The summed E-state index contributed by atoms with van der Waals surface area (Å²) in [6.45, 7) is 12.7. The Kier molecular flexibility index (Phi) is 12.9. The first-order valence-corrected chi connectivity index (χ1v) is 9.05. The van der Waals surface area contributed by atoms with E-state index >= 15 is 0 Å². The Labute approximate surface area is 149 Å². The van der Waals surface area contributed by atoms with Gasteiger partial charge in [-0.1, -0.05) is 40.5 Å². The van der Waals surface area contributed by atoms with Gasteiger partial charge in [0.25, 0.3) is 0 Å². The normalized spacial score (nSPS) is 13.0. The van der Waals surface area contributed by atoms with E-state index in [0.29, 0.717) is 6.61 Å². The Morgan fingerprint density at radius 1 is 0.667 bits per heavy atom. The van der Waals surface area contributed by atoms with Crippen molar-refractivity contribution in [2.24, 2.45) is 0 Å². The number of rotatable bonds is 11. The molecule has 0 fully saturated rings. The van der Waals surface area contributed by atoms with Crippen molar-refractivity contribution in [3.8, 4) is 0 Å². The second-order valence-electron chi connectivity index (χ2n) is 6.85. The number of ether oxygens (including phenoxy) is 1. The fourth-order valence-corrected chi connectivity index (χ4v) is 2.29. The Morgan fingerprint density at radius 3 is 1.50 bits per heavy atom. The summed E-state index contributed by atoms with van der Waals surface area (Å²) in [5.41, 5.74) is 5.62. The highest BCUT2D eigenvalue weighted by Gasteiger charge is 1.94. The minimum Gasteiger partial charge on any atom is -0.462 e. The highest BCUT2D eigenvalue weighted by molar-refractivity contribution is 5.66. The highest BCUT2D eigenvalue weighted by Crippen LogP contribution is 2.13. The van der Waals surface area contributed by atoms with Gasteiger partial charge in [-0.15, -0.1) is 0 Å². The third kappa shape index (κ3) is 15.3. The molecule has 136 valence electrons. The fraction of sp³-hybridized carbons (Fsp3) is 0.591. The molecule has 0 aromatic heterocycles. The van der Waals surface area contributed by atoms with E-state index in [1.807, 2.05) is 6.08 Å². The molecule has 24 heavy (non-hydrogen) atoms. The molecule has 0 unspecified atom stereocenters. The summed E-state index contributed by atoms with van der Waals surface area (Å²) in [6, 6.07) is 0. The van der Waals surface area contributed by atoms with E-state index < -0.39 is 0 Å². The molecule has 2 nitrogen and oxygen atoms in total. The third-order valence-corrected chi connectivity index (χ3v) is 3.87.